The van der Waals surface area contributed by atoms with Crippen LogP contribution in [0.2, 0.25) is 10.0 Å². The van der Waals surface area contributed by atoms with Crippen LogP contribution in [0.25, 0.3) is 0 Å². The van der Waals surface area contributed by atoms with Gasteiger partial charge in [-0.25, -0.2) is 0 Å². The summed E-state index contributed by atoms with van der Waals surface area (Å²) in [7, 11) is 0. The average Bonchev–Trinajstić information content (AvgIpc) is 3.66. The van der Waals surface area contributed by atoms with E-state index in [0.717, 1.165) is 34.4 Å². The molecule has 8 aromatic carbocycles. The van der Waals surface area contributed by atoms with E-state index in [1.54, 1.807) is 60.7 Å². The van der Waals surface area contributed by atoms with Gasteiger partial charge in [0.05, 0.1) is 34.4 Å². The van der Waals surface area contributed by atoms with Crippen molar-refractivity contribution in [2.45, 2.75) is 88.9 Å². The van der Waals surface area contributed by atoms with Gasteiger partial charge in [-0.3, -0.25) is 9.80 Å². The van der Waals surface area contributed by atoms with Crippen molar-refractivity contribution in [2.24, 2.45) is 0 Å². The van der Waals surface area contributed by atoms with Gasteiger partial charge in [0.2, 0.25) is 0 Å². The molecule has 8 nitrogen and oxygen atoms in total. The largest absolute Gasteiger partial charge is 2.00 e. The number of halogens is 8. The van der Waals surface area contributed by atoms with E-state index in [-0.39, 0.29) is 79.4 Å². The van der Waals surface area contributed by atoms with E-state index in [2.05, 4.69) is 58.3 Å². The van der Waals surface area contributed by atoms with E-state index < -0.39 is 35.4 Å². The molecule has 0 N–H and O–H groups in total. The summed E-state index contributed by atoms with van der Waals surface area (Å²) >= 11 is 12.7. The minimum absolute atomic E-state index is 0. The smallest absolute Gasteiger partial charge is 0.550 e. The second-order valence-electron chi connectivity index (χ2n) is 20.5. The van der Waals surface area contributed by atoms with Crippen molar-refractivity contribution in [3.63, 3.8) is 0 Å². The Hall–Kier alpha value is -7.00. The third-order valence-corrected chi connectivity index (χ3v) is 15.4. The minimum atomic E-state index is -4.56. The van der Waals surface area contributed by atoms with Gasteiger partial charge in [0, 0.05) is 74.9 Å². The first kappa shape index (κ1) is 67.1. The Labute approximate surface area is 515 Å². The van der Waals surface area contributed by atoms with Crippen LogP contribution in [0.5, 0.6) is 11.5 Å². The molecule has 0 fully saturated rings. The average molecular weight is 1260 g/mol. The molecular weight excluding hydrogens is 1190 g/mol. The van der Waals surface area contributed by atoms with Crippen LogP contribution in [-0.4, -0.2) is 60.1 Å². The summed E-state index contributed by atoms with van der Waals surface area (Å²) in [5.74, 6) is -1.34. The Kier molecular flexibility index (Phi) is 25.7. The monoisotopic (exact) mass is 1250 g/mol. The number of carbonyl (C=O) groups is 2. The molecule has 8 rings (SSSR count). The van der Waals surface area contributed by atoms with Gasteiger partial charge in [-0.1, -0.05) is 193 Å². The summed E-state index contributed by atoms with van der Waals surface area (Å²) in [5.41, 5.74) is 4.63. The van der Waals surface area contributed by atoms with Crippen molar-refractivity contribution in [3.05, 3.63) is 272 Å². The molecule has 17 heteroatoms. The molecule has 2 atom stereocenters. The number of rotatable bonds is 26. The van der Waals surface area contributed by atoms with Crippen molar-refractivity contribution in [3.8, 4) is 11.5 Å². The summed E-state index contributed by atoms with van der Waals surface area (Å²) in [6.07, 6.45) is -8.40. The summed E-state index contributed by atoms with van der Waals surface area (Å²) in [6.45, 7) is 6.16. The summed E-state index contributed by atoms with van der Waals surface area (Å²) in [5, 5.41) is 21.4. The van der Waals surface area contributed by atoms with Gasteiger partial charge in [-0.2, -0.15) is 26.3 Å². The molecule has 0 aromatic heterocycles. The summed E-state index contributed by atoms with van der Waals surface area (Å²) in [6, 6.07) is 61.6. The molecule has 0 aliphatic carbocycles. The Morgan fingerprint density at radius 1 is 0.459 bits per heavy atom. The molecule has 8 aromatic rings. The van der Waals surface area contributed by atoms with Gasteiger partial charge in [0.1, 0.15) is 11.5 Å². The molecular formula is C68H64Cl2F6N2O6Zn. The maximum atomic E-state index is 13.7. The van der Waals surface area contributed by atoms with Crippen molar-refractivity contribution >= 4 is 35.1 Å². The number of ether oxygens (including phenoxy) is 2. The van der Waals surface area contributed by atoms with E-state index in [9.17, 15) is 46.1 Å². The fraction of sp³-hybridized carbons (Fsp3) is 0.265. The number of carbonyl (C=O) groups excluding carboxylic acids is 2. The van der Waals surface area contributed by atoms with E-state index in [1.807, 2.05) is 86.6 Å². The van der Waals surface area contributed by atoms with Gasteiger partial charge in [-0.05, 0) is 108 Å². The van der Waals surface area contributed by atoms with Crippen LogP contribution >= 0.6 is 23.2 Å². The molecule has 0 bridgehead atoms. The Morgan fingerprint density at radius 3 is 1.06 bits per heavy atom. The summed E-state index contributed by atoms with van der Waals surface area (Å²) < 4.78 is 93.8. The van der Waals surface area contributed by atoms with Gasteiger partial charge in [0.25, 0.3) is 0 Å². The first-order valence-corrected chi connectivity index (χ1v) is 28.2. The topological polar surface area (TPSA) is 105 Å². The number of carboxylic acid groups (broad SMARTS) is 2. The number of carboxylic acids is 2. The molecule has 0 saturated carbocycles. The predicted molar refractivity (Wildman–Crippen MR) is 313 cm³/mol. The first-order chi connectivity index (χ1) is 40.2. The number of benzene rings is 8. The van der Waals surface area contributed by atoms with E-state index >= 15 is 0 Å². The number of nitrogens with zero attached hydrogens (tertiary/aromatic N) is 2. The third kappa shape index (κ3) is 20.6. The van der Waals surface area contributed by atoms with Crippen molar-refractivity contribution in [1.82, 2.24) is 9.80 Å². The zero-order valence-corrected chi connectivity index (χ0v) is 51.6. The Bertz CT molecular complexity index is 3050. The molecule has 0 radical (unpaired) electrons. The normalized spacial score (nSPS) is 12.3. The van der Waals surface area contributed by atoms with E-state index in [1.165, 1.54) is 12.1 Å². The second kappa shape index (κ2) is 32.5. The van der Waals surface area contributed by atoms with Crippen molar-refractivity contribution in [2.75, 3.05) is 26.3 Å². The van der Waals surface area contributed by atoms with E-state index in [4.69, 9.17) is 32.7 Å². The molecule has 0 spiro atoms. The van der Waals surface area contributed by atoms with Crippen LogP contribution in [0.15, 0.2) is 206 Å². The van der Waals surface area contributed by atoms with Crippen LogP contribution in [0.3, 0.4) is 0 Å². The molecule has 0 amide bonds. The molecule has 440 valence electrons. The van der Waals surface area contributed by atoms with Gasteiger partial charge >= 0.3 is 31.8 Å². The third-order valence-electron chi connectivity index (χ3n) is 14.5. The number of aliphatic carboxylic acids is 2. The zero-order valence-electron chi connectivity index (χ0n) is 47.1. The maximum Gasteiger partial charge on any atom is 2.00 e. The fourth-order valence-corrected chi connectivity index (χ4v) is 10.6. The van der Waals surface area contributed by atoms with Crippen LogP contribution in [0.4, 0.5) is 26.3 Å². The second-order valence-corrected chi connectivity index (χ2v) is 21.3. The molecule has 0 aliphatic rings. The van der Waals surface area contributed by atoms with E-state index in [0.29, 0.717) is 72.9 Å². The number of alkyl halides is 6. The molecule has 0 heterocycles. The molecule has 85 heavy (non-hydrogen) atoms. The number of hydrogen-bond acceptors (Lipinski definition) is 8. The van der Waals surface area contributed by atoms with Crippen LogP contribution in [0.1, 0.15) is 94.2 Å². The molecule has 0 unspecified atom stereocenters. The van der Waals surface area contributed by atoms with Crippen LogP contribution < -0.4 is 19.7 Å². The molecule has 0 saturated heterocycles. The maximum absolute atomic E-state index is 13.7. The van der Waals surface area contributed by atoms with Gasteiger partial charge in [0.15, 0.2) is 0 Å². The van der Waals surface area contributed by atoms with Crippen LogP contribution in [0, 0.1) is 0 Å². The van der Waals surface area contributed by atoms with Gasteiger partial charge < -0.3 is 29.3 Å². The quantitative estimate of drug-likeness (QED) is 0.0390. The Morgan fingerprint density at radius 2 is 0.765 bits per heavy atom. The SMILES string of the molecule is C[C@H](CCOc1cccc(CC(=O)[O-])c1)N(Cc1cccc(C(F)(F)F)c1Cl)CC(c1ccccc1)c1ccccc1.C[C@H](CCOc1cccc(CC(=O)[O-])c1)N(Cc1cccc(C(F)(F)F)c1Cl)CC(c1ccccc1)c1ccccc1.[Zn+2]. The minimum Gasteiger partial charge on any atom is -0.550 e. The fourth-order valence-electron chi connectivity index (χ4n) is 9.98. The van der Waals surface area contributed by atoms with Crippen LogP contribution in [-0.2, 0) is 67.4 Å². The van der Waals surface area contributed by atoms with Crippen molar-refractivity contribution in [1.29, 1.82) is 0 Å². The molecule has 0 aliphatic heterocycles. The van der Waals surface area contributed by atoms with Crippen molar-refractivity contribution < 1.29 is 75.1 Å². The number of hydrogen-bond donors (Lipinski definition) is 0. The zero-order chi connectivity index (χ0) is 60.2. The standard InChI is InChI=1S/2C34H33ClF3NO3.Zn/c2*1-24(18-19-42-29-16-8-10-25(20-29)21-32(40)41)39(22-28-15-9-17-31(33(28)35)34(36,37)38)23-30(26-11-4-2-5-12-26)27-13-6-3-7-14-27;/h2*2-17,20,24,30H,18-19,21-23H2,1H3,(H,40,41);/q;;+2/p-2/t2*24-;/m11./s1. The first-order valence-electron chi connectivity index (χ1n) is 27.4. The Balaban J connectivity index is 0.000000269. The predicted octanol–water partition coefficient (Wildman–Crippen LogP) is 14.3. The van der Waals surface area contributed by atoms with Gasteiger partial charge in [-0.15, -0.1) is 0 Å². The summed E-state index contributed by atoms with van der Waals surface area (Å²) in [4.78, 5) is 26.2.